The molecule has 0 atom stereocenters. The summed E-state index contributed by atoms with van der Waals surface area (Å²) in [6.45, 7) is 0. The highest BCUT2D eigenvalue weighted by molar-refractivity contribution is 7.86. The largest absolute Gasteiger partial charge is 0.504 e. The minimum absolute atomic E-state index is 0.527. The Morgan fingerprint density at radius 2 is 1.07 bits per heavy atom. The van der Waals surface area contributed by atoms with Crippen LogP contribution in [0.4, 0.5) is 0 Å². The maximum absolute atomic E-state index is 12.7. The van der Waals surface area contributed by atoms with E-state index in [9.17, 15) is 31.8 Å². The fourth-order valence-electron chi connectivity index (χ4n) is 2.42. The number of benzene rings is 2. The Morgan fingerprint density at radius 3 is 1.32 bits per heavy atom. The first kappa shape index (κ1) is 21.4. The number of aromatic hydroxyl groups is 2. The van der Waals surface area contributed by atoms with E-state index in [1.807, 2.05) is 0 Å². The lowest BCUT2D eigenvalue weighted by molar-refractivity contribution is 0.103. The van der Waals surface area contributed by atoms with Crippen molar-refractivity contribution in [3.8, 4) is 23.0 Å². The van der Waals surface area contributed by atoms with Gasteiger partial charge in [0.05, 0.1) is 25.3 Å². The zero-order chi connectivity index (χ0) is 21.4. The van der Waals surface area contributed by atoms with Gasteiger partial charge < -0.3 is 19.7 Å². The third kappa shape index (κ3) is 3.73. The average molecular weight is 434 g/mol. The Labute approximate surface area is 159 Å². The number of ether oxygens (including phenoxy) is 2. The topological polar surface area (TPSA) is 185 Å². The Balaban J connectivity index is 2.71. The molecule has 0 aliphatic heterocycles. The molecule has 2 rings (SSSR count). The molecule has 4 N–H and O–H groups in total. The van der Waals surface area contributed by atoms with Crippen LogP contribution in [0.2, 0.25) is 0 Å². The first-order chi connectivity index (χ1) is 12.8. The molecule has 152 valence electrons. The van der Waals surface area contributed by atoms with Gasteiger partial charge >= 0.3 is 0 Å². The number of ketones is 1. The monoisotopic (exact) mass is 434 g/mol. The minimum atomic E-state index is -4.78. The summed E-state index contributed by atoms with van der Waals surface area (Å²) in [5.41, 5.74) is -1.05. The maximum Gasteiger partial charge on any atom is 0.298 e. The molecule has 0 aliphatic carbocycles. The van der Waals surface area contributed by atoms with E-state index in [4.69, 9.17) is 18.6 Å². The van der Waals surface area contributed by atoms with Crippen LogP contribution in [0.25, 0.3) is 0 Å². The van der Waals surface area contributed by atoms with Gasteiger partial charge in [0.15, 0.2) is 23.0 Å². The van der Waals surface area contributed by atoms with E-state index in [1.54, 1.807) is 0 Å². The molecule has 0 bridgehead atoms. The lowest BCUT2D eigenvalue weighted by atomic mass is 10.0. The molecule has 0 aliphatic rings. The van der Waals surface area contributed by atoms with Gasteiger partial charge in [0.2, 0.25) is 5.78 Å². The quantitative estimate of drug-likeness (QED) is 0.373. The van der Waals surface area contributed by atoms with Gasteiger partial charge in [0.1, 0.15) is 9.79 Å². The minimum Gasteiger partial charge on any atom is -0.504 e. The average Bonchev–Trinajstić information content (AvgIpc) is 2.58. The first-order valence-electron chi connectivity index (χ1n) is 7.14. The predicted molar refractivity (Wildman–Crippen MR) is 92.4 cm³/mol. The van der Waals surface area contributed by atoms with Crippen molar-refractivity contribution in [3.05, 3.63) is 35.4 Å². The summed E-state index contributed by atoms with van der Waals surface area (Å²) in [6, 6.07) is 3.29. The molecule has 28 heavy (non-hydrogen) atoms. The summed E-state index contributed by atoms with van der Waals surface area (Å²) in [7, 11) is -7.58. The lowest BCUT2D eigenvalue weighted by Crippen LogP contribution is -2.09. The molecular weight excluding hydrogens is 420 g/mol. The standard InChI is InChI=1S/C15H14O11S2/c1-25-14-9(27(19,20)21)5-3-7(12(14)17)11(16)8-4-6-10(28(22,23)24)15(26-2)13(8)18/h3-6,17-18H,1-2H3,(H,19,20,21)(H,22,23,24). The van der Waals surface area contributed by atoms with Crippen LogP contribution >= 0.6 is 0 Å². The van der Waals surface area contributed by atoms with Crippen molar-refractivity contribution in [2.24, 2.45) is 0 Å². The molecule has 0 saturated carbocycles. The second-order valence-electron chi connectivity index (χ2n) is 5.27. The van der Waals surface area contributed by atoms with Crippen molar-refractivity contribution in [1.29, 1.82) is 0 Å². The van der Waals surface area contributed by atoms with Gasteiger partial charge in [0.25, 0.3) is 20.2 Å². The van der Waals surface area contributed by atoms with Crippen LogP contribution in [0, 0.1) is 0 Å². The fourth-order valence-corrected chi connectivity index (χ4v) is 3.73. The molecule has 0 radical (unpaired) electrons. The van der Waals surface area contributed by atoms with Gasteiger partial charge in [-0.2, -0.15) is 16.8 Å². The molecule has 0 spiro atoms. The number of phenols is 2. The lowest BCUT2D eigenvalue weighted by Gasteiger charge is -2.14. The number of hydrogen-bond donors (Lipinski definition) is 4. The summed E-state index contributed by atoms with van der Waals surface area (Å²) in [4.78, 5) is 11.1. The fraction of sp³-hybridized carbons (Fsp3) is 0.133. The van der Waals surface area contributed by atoms with E-state index < -0.39 is 69.9 Å². The summed E-state index contributed by atoms with van der Waals surface area (Å²) in [5, 5.41) is 20.4. The number of phenolic OH excluding ortho intramolecular Hbond substituents is 2. The van der Waals surface area contributed by atoms with Gasteiger partial charge in [-0.25, -0.2) is 0 Å². The maximum atomic E-state index is 12.7. The van der Waals surface area contributed by atoms with Crippen molar-refractivity contribution in [3.63, 3.8) is 0 Å². The summed E-state index contributed by atoms with van der Waals surface area (Å²) >= 11 is 0. The smallest absolute Gasteiger partial charge is 0.298 e. The number of methoxy groups -OCH3 is 2. The van der Waals surface area contributed by atoms with Crippen LogP contribution in [-0.2, 0) is 20.2 Å². The van der Waals surface area contributed by atoms with Crippen LogP contribution in [0.3, 0.4) is 0 Å². The highest BCUT2D eigenvalue weighted by atomic mass is 32.2. The SMILES string of the molecule is COc1c(S(=O)(=O)O)ccc(C(=O)c2ccc(S(=O)(=O)O)c(OC)c2O)c1O. The zero-order valence-corrected chi connectivity index (χ0v) is 15.9. The van der Waals surface area contributed by atoms with Crippen LogP contribution in [0.1, 0.15) is 15.9 Å². The van der Waals surface area contributed by atoms with E-state index in [1.165, 1.54) is 0 Å². The van der Waals surface area contributed by atoms with Crippen LogP contribution in [0.15, 0.2) is 34.1 Å². The molecule has 0 heterocycles. The predicted octanol–water partition coefficient (Wildman–Crippen LogP) is 0.839. The summed E-state index contributed by atoms with van der Waals surface area (Å²) < 4.78 is 73.1. The normalized spacial score (nSPS) is 11.9. The van der Waals surface area contributed by atoms with Gasteiger partial charge in [-0.1, -0.05) is 0 Å². The molecule has 2 aromatic carbocycles. The zero-order valence-electron chi connectivity index (χ0n) is 14.3. The first-order valence-corrected chi connectivity index (χ1v) is 10.0. The van der Waals surface area contributed by atoms with E-state index in [0.717, 1.165) is 38.5 Å². The molecule has 0 saturated heterocycles. The van der Waals surface area contributed by atoms with E-state index >= 15 is 0 Å². The molecular formula is C15H14O11S2. The van der Waals surface area contributed by atoms with Crippen LogP contribution < -0.4 is 9.47 Å². The van der Waals surface area contributed by atoms with Crippen LogP contribution in [-0.4, -0.2) is 56.2 Å². The van der Waals surface area contributed by atoms with Crippen molar-refractivity contribution < 1.29 is 50.4 Å². The number of hydrogen-bond acceptors (Lipinski definition) is 9. The third-order valence-electron chi connectivity index (χ3n) is 3.64. The summed E-state index contributed by atoms with van der Waals surface area (Å²) in [6.07, 6.45) is 0. The molecule has 0 aromatic heterocycles. The van der Waals surface area contributed by atoms with E-state index in [-0.39, 0.29) is 0 Å². The Bertz CT molecular complexity index is 1070. The number of carbonyl (C=O) groups is 1. The van der Waals surface area contributed by atoms with Gasteiger partial charge in [-0.05, 0) is 24.3 Å². The highest BCUT2D eigenvalue weighted by Gasteiger charge is 2.29. The molecule has 13 heteroatoms. The number of carbonyl (C=O) groups excluding carboxylic acids is 1. The molecule has 0 amide bonds. The van der Waals surface area contributed by atoms with Crippen molar-refractivity contribution in [2.45, 2.75) is 9.79 Å². The summed E-state index contributed by atoms with van der Waals surface area (Å²) in [5.74, 6) is -4.38. The van der Waals surface area contributed by atoms with Gasteiger partial charge in [0, 0.05) is 0 Å². The molecule has 0 unspecified atom stereocenters. The second-order valence-corrected chi connectivity index (χ2v) is 8.05. The van der Waals surface area contributed by atoms with Crippen molar-refractivity contribution in [1.82, 2.24) is 0 Å². The molecule has 2 aromatic rings. The second kappa shape index (κ2) is 7.27. The molecule has 11 nitrogen and oxygen atoms in total. The van der Waals surface area contributed by atoms with Crippen molar-refractivity contribution >= 4 is 26.0 Å². The number of rotatable bonds is 6. The Morgan fingerprint density at radius 1 is 0.750 bits per heavy atom. The Kier molecular flexibility index (Phi) is 5.57. The molecule has 0 fully saturated rings. The van der Waals surface area contributed by atoms with Gasteiger partial charge in [-0.15, -0.1) is 0 Å². The third-order valence-corrected chi connectivity index (χ3v) is 5.40. The highest BCUT2D eigenvalue weighted by Crippen LogP contribution is 2.41. The van der Waals surface area contributed by atoms with Crippen molar-refractivity contribution in [2.75, 3.05) is 14.2 Å². The van der Waals surface area contributed by atoms with Crippen LogP contribution in [0.5, 0.6) is 23.0 Å². The van der Waals surface area contributed by atoms with Gasteiger partial charge in [-0.3, -0.25) is 13.9 Å². The van der Waals surface area contributed by atoms with E-state index in [0.29, 0.717) is 0 Å². The van der Waals surface area contributed by atoms with E-state index in [2.05, 4.69) is 0 Å². The Hall–Kier alpha value is -2.87.